The standard InChI is InChI=1S/C11H15BrN2O2/c12-9-6-14(7-10(13)11(9)15)5-8-3-1-2-4-16-8/h6-8H,1-5,13H2. The van der Waals surface area contributed by atoms with Crippen LogP contribution in [0.15, 0.2) is 21.7 Å². The quantitative estimate of drug-likeness (QED) is 0.901. The van der Waals surface area contributed by atoms with Crippen molar-refractivity contribution in [3.8, 4) is 0 Å². The van der Waals surface area contributed by atoms with Gasteiger partial charge in [-0.05, 0) is 35.2 Å². The number of nitrogens with two attached hydrogens (primary N) is 1. The Hall–Kier alpha value is -0.810. The molecule has 0 aromatic carbocycles. The van der Waals surface area contributed by atoms with E-state index in [-0.39, 0.29) is 17.2 Å². The molecule has 0 radical (unpaired) electrons. The van der Waals surface area contributed by atoms with Crippen LogP contribution in [0, 0.1) is 0 Å². The molecule has 1 saturated heterocycles. The number of hydrogen-bond donors (Lipinski definition) is 1. The maximum atomic E-state index is 11.4. The van der Waals surface area contributed by atoms with Crippen molar-refractivity contribution in [2.24, 2.45) is 0 Å². The summed E-state index contributed by atoms with van der Waals surface area (Å²) in [4.78, 5) is 11.4. The summed E-state index contributed by atoms with van der Waals surface area (Å²) in [7, 11) is 0. The number of rotatable bonds is 2. The van der Waals surface area contributed by atoms with Crippen LogP contribution in [-0.2, 0) is 11.3 Å². The lowest BCUT2D eigenvalue weighted by Gasteiger charge is -2.23. The van der Waals surface area contributed by atoms with E-state index < -0.39 is 0 Å². The van der Waals surface area contributed by atoms with E-state index in [1.54, 1.807) is 12.4 Å². The highest BCUT2D eigenvalue weighted by atomic mass is 79.9. The van der Waals surface area contributed by atoms with E-state index in [2.05, 4.69) is 15.9 Å². The number of halogens is 1. The van der Waals surface area contributed by atoms with Gasteiger partial charge in [0.15, 0.2) is 0 Å². The summed E-state index contributed by atoms with van der Waals surface area (Å²) in [5, 5.41) is 0. The molecular weight excluding hydrogens is 272 g/mol. The summed E-state index contributed by atoms with van der Waals surface area (Å²) in [5.41, 5.74) is 5.74. The molecule has 16 heavy (non-hydrogen) atoms. The fraction of sp³-hybridized carbons (Fsp3) is 0.545. The van der Waals surface area contributed by atoms with Crippen molar-refractivity contribution in [2.75, 3.05) is 12.3 Å². The second-order valence-electron chi connectivity index (χ2n) is 4.08. The van der Waals surface area contributed by atoms with Crippen LogP contribution < -0.4 is 11.2 Å². The normalized spacial score (nSPS) is 20.9. The smallest absolute Gasteiger partial charge is 0.218 e. The fourth-order valence-corrected chi connectivity index (χ4v) is 2.40. The molecule has 1 aliphatic rings. The van der Waals surface area contributed by atoms with Gasteiger partial charge < -0.3 is 15.0 Å². The van der Waals surface area contributed by atoms with Crippen LogP contribution >= 0.6 is 15.9 Å². The maximum absolute atomic E-state index is 11.4. The summed E-state index contributed by atoms with van der Waals surface area (Å²) in [6.07, 6.45) is 7.10. The molecule has 2 rings (SSSR count). The lowest BCUT2D eigenvalue weighted by Crippen LogP contribution is -2.25. The average Bonchev–Trinajstić information content (AvgIpc) is 2.27. The highest BCUT2D eigenvalue weighted by Crippen LogP contribution is 2.15. The van der Waals surface area contributed by atoms with E-state index >= 15 is 0 Å². The Labute approximate surface area is 103 Å². The first kappa shape index (κ1) is 11.7. The monoisotopic (exact) mass is 286 g/mol. The molecule has 88 valence electrons. The third-order valence-electron chi connectivity index (χ3n) is 2.75. The summed E-state index contributed by atoms with van der Waals surface area (Å²) in [5.74, 6) is 0. The molecule has 1 unspecified atom stereocenters. The van der Waals surface area contributed by atoms with E-state index in [4.69, 9.17) is 10.5 Å². The van der Waals surface area contributed by atoms with Crippen molar-refractivity contribution in [1.82, 2.24) is 4.57 Å². The molecule has 2 heterocycles. The molecule has 0 spiro atoms. The van der Waals surface area contributed by atoms with Crippen LogP contribution in [0.5, 0.6) is 0 Å². The third kappa shape index (κ3) is 2.65. The van der Waals surface area contributed by atoms with Crippen molar-refractivity contribution >= 4 is 21.6 Å². The number of nitrogen functional groups attached to an aromatic ring is 1. The Balaban J connectivity index is 2.12. The zero-order valence-electron chi connectivity index (χ0n) is 8.99. The van der Waals surface area contributed by atoms with E-state index in [9.17, 15) is 4.79 Å². The first-order chi connectivity index (χ1) is 7.66. The number of nitrogens with zero attached hydrogens (tertiary/aromatic N) is 1. The molecule has 4 nitrogen and oxygen atoms in total. The highest BCUT2D eigenvalue weighted by Gasteiger charge is 2.14. The van der Waals surface area contributed by atoms with Crippen LogP contribution in [0.3, 0.4) is 0 Å². The van der Waals surface area contributed by atoms with Gasteiger partial charge in [0, 0.05) is 25.5 Å². The Kier molecular flexibility index (Phi) is 3.66. The summed E-state index contributed by atoms with van der Waals surface area (Å²) in [6.45, 7) is 1.59. The van der Waals surface area contributed by atoms with E-state index in [1.807, 2.05) is 4.57 Å². The Bertz CT molecular complexity index is 398. The van der Waals surface area contributed by atoms with Crippen molar-refractivity contribution in [3.05, 3.63) is 27.1 Å². The molecule has 1 atom stereocenters. The Morgan fingerprint density at radius 1 is 1.50 bits per heavy atom. The predicted octanol–water partition coefficient (Wildman–Crippen LogP) is 1.76. The van der Waals surface area contributed by atoms with Gasteiger partial charge in [-0.2, -0.15) is 0 Å². The lowest BCUT2D eigenvalue weighted by molar-refractivity contribution is 0.00591. The molecule has 1 aliphatic heterocycles. The van der Waals surface area contributed by atoms with Crippen LogP contribution in [0.1, 0.15) is 19.3 Å². The van der Waals surface area contributed by atoms with Gasteiger partial charge >= 0.3 is 0 Å². The molecule has 0 bridgehead atoms. The molecule has 2 N–H and O–H groups in total. The number of ether oxygens (including phenoxy) is 1. The van der Waals surface area contributed by atoms with Gasteiger partial charge in [-0.25, -0.2) is 0 Å². The fourth-order valence-electron chi connectivity index (χ4n) is 1.91. The van der Waals surface area contributed by atoms with Gasteiger partial charge in [-0.3, -0.25) is 4.79 Å². The van der Waals surface area contributed by atoms with Gasteiger partial charge in [0.25, 0.3) is 0 Å². The third-order valence-corrected chi connectivity index (χ3v) is 3.32. The summed E-state index contributed by atoms with van der Waals surface area (Å²) < 4.78 is 8.05. The molecule has 1 aromatic rings. The molecule has 1 fully saturated rings. The van der Waals surface area contributed by atoms with Gasteiger partial charge in [0.05, 0.1) is 16.3 Å². The topological polar surface area (TPSA) is 57.2 Å². The molecule has 0 amide bonds. The highest BCUT2D eigenvalue weighted by molar-refractivity contribution is 9.10. The van der Waals surface area contributed by atoms with Gasteiger partial charge in [-0.15, -0.1) is 0 Å². The van der Waals surface area contributed by atoms with Crippen LogP contribution in [0.2, 0.25) is 0 Å². The predicted molar refractivity (Wildman–Crippen MR) is 66.4 cm³/mol. The zero-order chi connectivity index (χ0) is 11.5. The summed E-state index contributed by atoms with van der Waals surface area (Å²) in [6, 6.07) is 0. The zero-order valence-corrected chi connectivity index (χ0v) is 10.6. The number of hydrogen-bond acceptors (Lipinski definition) is 3. The number of pyridine rings is 1. The lowest BCUT2D eigenvalue weighted by atomic mass is 10.1. The van der Waals surface area contributed by atoms with Gasteiger partial charge in [0.2, 0.25) is 5.43 Å². The average molecular weight is 287 g/mol. The van der Waals surface area contributed by atoms with E-state index in [1.165, 1.54) is 6.42 Å². The summed E-state index contributed by atoms with van der Waals surface area (Å²) >= 11 is 3.21. The minimum absolute atomic E-state index is 0.152. The van der Waals surface area contributed by atoms with Crippen LogP contribution in [0.4, 0.5) is 5.69 Å². The molecular formula is C11H15BrN2O2. The van der Waals surface area contributed by atoms with Crippen LogP contribution in [-0.4, -0.2) is 17.3 Å². The Morgan fingerprint density at radius 3 is 2.94 bits per heavy atom. The van der Waals surface area contributed by atoms with Crippen molar-refractivity contribution in [2.45, 2.75) is 31.9 Å². The van der Waals surface area contributed by atoms with E-state index in [0.717, 1.165) is 26.0 Å². The first-order valence-electron chi connectivity index (χ1n) is 5.43. The number of aromatic nitrogens is 1. The molecule has 0 aliphatic carbocycles. The second kappa shape index (κ2) is 5.01. The minimum Gasteiger partial charge on any atom is -0.394 e. The van der Waals surface area contributed by atoms with Gasteiger partial charge in [-0.1, -0.05) is 0 Å². The van der Waals surface area contributed by atoms with Crippen molar-refractivity contribution < 1.29 is 4.74 Å². The maximum Gasteiger partial charge on any atom is 0.218 e. The molecule has 1 aromatic heterocycles. The second-order valence-corrected chi connectivity index (χ2v) is 4.93. The molecule has 0 saturated carbocycles. The van der Waals surface area contributed by atoms with Crippen molar-refractivity contribution in [3.63, 3.8) is 0 Å². The Morgan fingerprint density at radius 2 is 2.31 bits per heavy atom. The van der Waals surface area contributed by atoms with Gasteiger partial charge in [0.1, 0.15) is 0 Å². The largest absolute Gasteiger partial charge is 0.394 e. The molecule has 5 heteroatoms. The number of anilines is 1. The van der Waals surface area contributed by atoms with Crippen LogP contribution in [0.25, 0.3) is 0 Å². The van der Waals surface area contributed by atoms with Crippen molar-refractivity contribution in [1.29, 1.82) is 0 Å². The minimum atomic E-state index is -0.152. The SMILES string of the molecule is Nc1cn(CC2CCCCO2)cc(Br)c1=O. The first-order valence-corrected chi connectivity index (χ1v) is 6.23. The van der Waals surface area contributed by atoms with E-state index in [0.29, 0.717) is 4.47 Å².